The van der Waals surface area contributed by atoms with E-state index in [4.69, 9.17) is 10.5 Å². The maximum absolute atomic E-state index is 12.6. The van der Waals surface area contributed by atoms with Gasteiger partial charge in [0.1, 0.15) is 11.8 Å². The van der Waals surface area contributed by atoms with Gasteiger partial charge in [0.05, 0.1) is 26.1 Å². The molecule has 3 unspecified atom stereocenters. The normalized spacial score (nSPS) is 23.8. The number of nitrogens with two attached hydrogens (primary N) is 1. The molecule has 31 heavy (non-hydrogen) atoms. The van der Waals surface area contributed by atoms with Crippen LogP contribution in [0.15, 0.2) is 35.9 Å². The van der Waals surface area contributed by atoms with Gasteiger partial charge in [-0.1, -0.05) is 18.2 Å². The van der Waals surface area contributed by atoms with Gasteiger partial charge in [0.2, 0.25) is 18.1 Å². The molecule has 2 amide bonds. The molecule has 10 nitrogen and oxygen atoms in total. The van der Waals surface area contributed by atoms with Crippen molar-refractivity contribution < 1.29 is 29.0 Å². The van der Waals surface area contributed by atoms with Gasteiger partial charge < -0.3 is 35.8 Å². The van der Waals surface area contributed by atoms with E-state index in [-0.39, 0.29) is 25.4 Å². The van der Waals surface area contributed by atoms with Crippen molar-refractivity contribution in [3.05, 3.63) is 41.5 Å². The van der Waals surface area contributed by atoms with Crippen molar-refractivity contribution in [2.24, 2.45) is 5.73 Å². The van der Waals surface area contributed by atoms with Crippen LogP contribution in [0.1, 0.15) is 18.4 Å². The molecule has 0 saturated carbocycles. The molecule has 2 aliphatic rings. The van der Waals surface area contributed by atoms with Gasteiger partial charge in [-0.15, -0.1) is 0 Å². The number of rotatable bonds is 8. The number of methoxy groups -OCH3 is 1. The van der Waals surface area contributed by atoms with E-state index in [2.05, 4.69) is 15.4 Å². The molecule has 1 aromatic carbocycles. The molecule has 1 fully saturated rings. The largest absolute Gasteiger partial charge is 0.497 e. The van der Waals surface area contributed by atoms with E-state index in [1.54, 1.807) is 7.11 Å². The Labute approximate surface area is 180 Å². The highest BCUT2D eigenvalue weighted by molar-refractivity contribution is 5.88. The fourth-order valence-electron chi connectivity index (χ4n) is 3.48. The summed E-state index contributed by atoms with van der Waals surface area (Å²) in [7, 11) is 1.62. The second-order valence-electron chi connectivity index (χ2n) is 7.61. The highest BCUT2D eigenvalue weighted by atomic mass is 16.6. The zero-order valence-electron chi connectivity index (χ0n) is 17.4. The van der Waals surface area contributed by atoms with Crippen LogP contribution < -0.4 is 21.1 Å². The van der Waals surface area contributed by atoms with Crippen molar-refractivity contribution in [3.8, 4) is 5.75 Å². The van der Waals surface area contributed by atoms with Crippen LogP contribution in [0.2, 0.25) is 0 Å². The molecule has 2 aliphatic heterocycles. The first-order valence-electron chi connectivity index (χ1n) is 10.1. The average molecular weight is 432 g/mol. The van der Waals surface area contributed by atoms with E-state index >= 15 is 0 Å². The van der Waals surface area contributed by atoms with Crippen molar-refractivity contribution in [1.29, 1.82) is 0 Å². The number of aliphatic hydroxyl groups is 1. The number of carbonyl (C=O) groups is 3. The number of benzene rings is 1. The van der Waals surface area contributed by atoms with Gasteiger partial charge >= 0.3 is 5.97 Å². The number of nitrogens with one attached hydrogen (secondary N) is 2. The van der Waals surface area contributed by atoms with Crippen molar-refractivity contribution in [3.63, 3.8) is 0 Å². The number of amides is 2. The quantitative estimate of drug-likeness (QED) is 0.303. The Morgan fingerprint density at radius 3 is 2.68 bits per heavy atom. The van der Waals surface area contributed by atoms with Crippen LogP contribution in [0.4, 0.5) is 0 Å². The summed E-state index contributed by atoms with van der Waals surface area (Å²) in [6.07, 6.45) is 0.826. The summed E-state index contributed by atoms with van der Waals surface area (Å²) in [6.45, 7) is 1.21. The molecule has 0 bridgehead atoms. The van der Waals surface area contributed by atoms with E-state index in [9.17, 15) is 19.5 Å². The number of carbonyl (C=O) groups excluding carboxylic acids is 3. The minimum absolute atomic E-state index is 0.110. The van der Waals surface area contributed by atoms with Crippen molar-refractivity contribution in [2.45, 2.75) is 37.8 Å². The SMILES string of the molecule is COc1ccc(CNCC2=CCC(N)C(=O)N(CC(=O)NC3CC(=O)OC3O)C2)cc1. The van der Waals surface area contributed by atoms with Gasteiger partial charge in [-0.05, 0) is 29.7 Å². The minimum atomic E-state index is -1.38. The maximum Gasteiger partial charge on any atom is 0.310 e. The lowest BCUT2D eigenvalue weighted by Crippen LogP contribution is -2.50. The molecule has 3 rings (SSSR count). The Morgan fingerprint density at radius 2 is 2.03 bits per heavy atom. The lowest BCUT2D eigenvalue weighted by molar-refractivity contribution is -0.155. The van der Waals surface area contributed by atoms with Crippen LogP contribution in [-0.2, 0) is 25.7 Å². The number of esters is 1. The predicted octanol–water partition coefficient (Wildman–Crippen LogP) is -0.979. The number of nitrogens with zero attached hydrogens (tertiary/aromatic N) is 1. The first-order chi connectivity index (χ1) is 14.9. The topological polar surface area (TPSA) is 143 Å². The molecule has 0 radical (unpaired) electrons. The average Bonchev–Trinajstić information content (AvgIpc) is 3.00. The molecule has 1 aromatic rings. The zero-order valence-corrected chi connectivity index (χ0v) is 17.4. The molecule has 0 spiro atoms. The Balaban J connectivity index is 1.53. The van der Waals surface area contributed by atoms with Gasteiger partial charge in [0, 0.05) is 19.6 Å². The molecule has 0 aromatic heterocycles. The lowest BCUT2D eigenvalue weighted by Gasteiger charge is -2.24. The first kappa shape index (κ1) is 22.7. The number of hydrogen-bond acceptors (Lipinski definition) is 8. The second-order valence-corrected chi connectivity index (χ2v) is 7.61. The van der Waals surface area contributed by atoms with Gasteiger partial charge in [-0.2, -0.15) is 0 Å². The lowest BCUT2D eigenvalue weighted by atomic mass is 10.1. The molecule has 10 heteroatoms. The van der Waals surface area contributed by atoms with Crippen LogP contribution in [-0.4, -0.2) is 72.9 Å². The van der Waals surface area contributed by atoms with Crippen molar-refractivity contribution in [2.75, 3.05) is 26.7 Å². The Hall–Kier alpha value is -2.95. The van der Waals surface area contributed by atoms with E-state index in [1.165, 1.54) is 4.90 Å². The third kappa shape index (κ3) is 6.27. The summed E-state index contributed by atoms with van der Waals surface area (Å²) >= 11 is 0. The second kappa shape index (κ2) is 10.4. The smallest absolute Gasteiger partial charge is 0.310 e. The van der Waals surface area contributed by atoms with Gasteiger partial charge in [-0.25, -0.2) is 0 Å². The molecule has 3 atom stereocenters. The predicted molar refractivity (Wildman–Crippen MR) is 111 cm³/mol. The molecular formula is C21H28N4O6. The Morgan fingerprint density at radius 1 is 1.29 bits per heavy atom. The summed E-state index contributed by atoms with van der Waals surface area (Å²) in [4.78, 5) is 37.5. The minimum Gasteiger partial charge on any atom is -0.497 e. The first-order valence-corrected chi connectivity index (χ1v) is 10.1. The molecular weight excluding hydrogens is 404 g/mol. The Kier molecular flexibility index (Phi) is 7.61. The third-order valence-corrected chi connectivity index (χ3v) is 5.19. The number of hydrogen-bond donors (Lipinski definition) is 4. The van der Waals surface area contributed by atoms with Gasteiger partial charge in [0.15, 0.2) is 0 Å². The van der Waals surface area contributed by atoms with E-state index in [1.807, 2.05) is 30.3 Å². The van der Waals surface area contributed by atoms with Crippen LogP contribution in [0.3, 0.4) is 0 Å². The monoisotopic (exact) mass is 432 g/mol. The van der Waals surface area contributed by atoms with E-state index in [0.29, 0.717) is 19.5 Å². The van der Waals surface area contributed by atoms with E-state index in [0.717, 1.165) is 16.9 Å². The Bertz CT molecular complexity index is 841. The molecule has 168 valence electrons. The van der Waals surface area contributed by atoms with Crippen LogP contribution in [0.5, 0.6) is 5.75 Å². The highest BCUT2D eigenvalue weighted by Gasteiger charge is 2.35. The summed E-state index contributed by atoms with van der Waals surface area (Å²) in [5, 5.41) is 15.5. The summed E-state index contributed by atoms with van der Waals surface area (Å²) in [6, 6.07) is 6.16. The van der Waals surface area contributed by atoms with Crippen LogP contribution >= 0.6 is 0 Å². The highest BCUT2D eigenvalue weighted by Crippen LogP contribution is 2.14. The molecule has 1 saturated heterocycles. The van der Waals surface area contributed by atoms with E-state index < -0.39 is 30.3 Å². The van der Waals surface area contributed by atoms with Crippen LogP contribution in [0, 0.1) is 0 Å². The van der Waals surface area contributed by atoms with Crippen LogP contribution in [0.25, 0.3) is 0 Å². The summed E-state index contributed by atoms with van der Waals surface area (Å²) < 4.78 is 9.76. The maximum atomic E-state index is 12.6. The molecule has 2 heterocycles. The van der Waals surface area contributed by atoms with Crippen molar-refractivity contribution >= 4 is 17.8 Å². The fourth-order valence-corrected chi connectivity index (χ4v) is 3.48. The number of aliphatic hydroxyl groups excluding tert-OH is 1. The van der Waals surface area contributed by atoms with Crippen molar-refractivity contribution in [1.82, 2.24) is 15.5 Å². The van der Waals surface area contributed by atoms with Gasteiger partial charge in [-0.3, -0.25) is 14.4 Å². The third-order valence-electron chi connectivity index (χ3n) is 5.19. The standard InChI is InChI=1S/C21H28N4O6/c1-30-15-5-2-13(3-6-15)9-23-10-14-4-7-16(22)20(28)25(11-14)12-18(26)24-17-8-19(27)31-21(17)29/h2-6,16-17,21,23,29H,7-12,22H2,1H3,(H,24,26). The number of ether oxygens (including phenoxy) is 2. The molecule has 0 aliphatic carbocycles. The molecule has 5 N–H and O–H groups in total. The fraction of sp³-hybridized carbons (Fsp3) is 0.476. The zero-order chi connectivity index (χ0) is 22.4. The van der Waals surface area contributed by atoms with Gasteiger partial charge in [0.25, 0.3) is 0 Å². The summed E-state index contributed by atoms with van der Waals surface area (Å²) in [5.41, 5.74) is 7.99. The summed E-state index contributed by atoms with van der Waals surface area (Å²) in [5.74, 6) is -0.609. The number of cyclic esters (lactones) is 1.